The number of aryl methyl sites for hydroxylation is 1. The SMILES string of the molecule is Cc1cccc(C(=O)Nc2ccc(C(=O)Cl)cn2)c1C. The molecule has 1 amide bonds. The normalized spacial score (nSPS) is 10.2. The van der Waals surface area contributed by atoms with Crippen LogP contribution in [-0.2, 0) is 0 Å². The van der Waals surface area contributed by atoms with E-state index in [0.717, 1.165) is 11.1 Å². The van der Waals surface area contributed by atoms with Gasteiger partial charge < -0.3 is 5.32 Å². The molecule has 0 saturated carbocycles. The Morgan fingerprint density at radius 2 is 1.90 bits per heavy atom. The summed E-state index contributed by atoms with van der Waals surface area (Å²) >= 11 is 5.33. The highest BCUT2D eigenvalue weighted by Crippen LogP contribution is 2.15. The average molecular weight is 289 g/mol. The quantitative estimate of drug-likeness (QED) is 0.881. The minimum atomic E-state index is -0.579. The number of anilines is 1. The van der Waals surface area contributed by atoms with Crippen LogP contribution in [0, 0.1) is 13.8 Å². The van der Waals surface area contributed by atoms with Crippen LogP contribution in [0.5, 0.6) is 0 Å². The molecule has 0 bridgehead atoms. The molecule has 0 radical (unpaired) electrons. The third-order valence-corrected chi connectivity index (χ3v) is 3.30. The van der Waals surface area contributed by atoms with Gasteiger partial charge in [-0.25, -0.2) is 4.98 Å². The zero-order valence-corrected chi connectivity index (χ0v) is 11.9. The number of hydrogen-bond acceptors (Lipinski definition) is 3. The zero-order valence-electron chi connectivity index (χ0n) is 11.1. The van der Waals surface area contributed by atoms with Crippen LogP contribution in [0.25, 0.3) is 0 Å². The third kappa shape index (κ3) is 3.03. The van der Waals surface area contributed by atoms with Crippen molar-refractivity contribution >= 4 is 28.6 Å². The van der Waals surface area contributed by atoms with Gasteiger partial charge in [-0.3, -0.25) is 9.59 Å². The summed E-state index contributed by atoms with van der Waals surface area (Å²) < 4.78 is 0. The van der Waals surface area contributed by atoms with E-state index in [4.69, 9.17) is 11.6 Å². The van der Waals surface area contributed by atoms with E-state index >= 15 is 0 Å². The van der Waals surface area contributed by atoms with E-state index in [-0.39, 0.29) is 11.5 Å². The lowest BCUT2D eigenvalue weighted by Crippen LogP contribution is -2.14. The standard InChI is InChI=1S/C15H13ClN2O2/c1-9-4-3-5-12(10(9)2)15(20)18-13-7-6-11(8-17-13)14(16)19/h3-8H,1-2H3,(H,17,18,20). The second kappa shape index (κ2) is 5.84. The van der Waals surface area contributed by atoms with Crippen LogP contribution in [0.2, 0.25) is 0 Å². The van der Waals surface area contributed by atoms with Crippen molar-refractivity contribution in [1.29, 1.82) is 0 Å². The second-order valence-electron chi connectivity index (χ2n) is 4.41. The van der Waals surface area contributed by atoms with Crippen molar-refractivity contribution < 1.29 is 9.59 Å². The van der Waals surface area contributed by atoms with Crippen LogP contribution in [0.4, 0.5) is 5.82 Å². The van der Waals surface area contributed by atoms with E-state index in [1.165, 1.54) is 12.3 Å². The molecule has 2 aromatic rings. The maximum absolute atomic E-state index is 12.2. The number of amides is 1. The highest BCUT2D eigenvalue weighted by atomic mass is 35.5. The van der Waals surface area contributed by atoms with E-state index in [1.807, 2.05) is 26.0 Å². The van der Waals surface area contributed by atoms with Crippen LogP contribution < -0.4 is 5.32 Å². The van der Waals surface area contributed by atoms with Gasteiger partial charge in [0.1, 0.15) is 5.82 Å². The van der Waals surface area contributed by atoms with Gasteiger partial charge in [0.25, 0.3) is 11.1 Å². The molecule has 0 aliphatic heterocycles. The molecule has 0 aliphatic rings. The van der Waals surface area contributed by atoms with Crippen molar-refractivity contribution in [3.63, 3.8) is 0 Å². The van der Waals surface area contributed by atoms with Crippen molar-refractivity contribution in [3.05, 3.63) is 58.8 Å². The predicted octanol–water partition coefficient (Wildman–Crippen LogP) is 3.33. The van der Waals surface area contributed by atoms with Crippen molar-refractivity contribution in [1.82, 2.24) is 4.98 Å². The molecule has 0 atom stereocenters. The summed E-state index contributed by atoms with van der Waals surface area (Å²) in [4.78, 5) is 27.1. The maximum Gasteiger partial charge on any atom is 0.257 e. The first-order chi connectivity index (χ1) is 9.49. The topological polar surface area (TPSA) is 59.1 Å². The first kappa shape index (κ1) is 14.2. The van der Waals surface area contributed by atoms with Gasteiger partial charge in [-0.05, 0) is 54.8 Å². The maximum atomic E-state index is 12.2. The molecule has 0 unspecified atom stereocenters. The van der Waals surface area contributed by atoms with E-state index < -0.39 is 5.24 Å². The van der Waals surface area contributed by atoms with Crippen LogP contribution in [0.15, 0.2) is 36.5 Å². The zero-order chi connectivity index (χ0) is 14.7. The summed E-state index contributed by atoms with van der Waals surface area (Å²) in [6, 6.07) is 8.60. The Labute approximate surface area is 121 Å². The summed E-state index contributed by atoms with van der Waals surface area (Å²) in [5.41, 5.74) is 2.87. The Bertz CT molecular complexity index is 666. The van der Waals surface area contributed by atoms with Gasteiger partial charge in [0.05, 0.1) is 5.56 Å². The number of rotatable bonds is 3. The van der Waals surface area contributed by atoms with Gasteiger partial charge in [-0.15, -0.1) is 0 Å². The fourth-order valence-electron chi connectivity index (χ4n) is 1.76. The van der Waals surface area contributed by atoms with Crippen LogP contribution in [0.1, 0.15) is 31.8 Å². The Morgan fingerprint density at radius 1 is 1.15 bits per heavy atom. The molecule has 20 heavy (non-hydrogen) atoms. The van der Waals surface area contributed by atoms with E-state index in [9.17, 15) is 9.59 Å². The molecule has 1 heterocycles. The predicted molar refractivity (Wildman–Crippen MR) is 78.3 cm³/mol. The second-order valence-corrected chi connectivity index (χ2v) is 4.75. The lowest BCUT2D eigenvalue weighted by Gasteiger charge is -2.09. The van der Waals surface area contributed by atoms with E-state index in [1.54, 1.807) is 12.1 Å². The molecule has 0 saturated heterocycles. The highest BCUT2D eigenvalue weighted by molar-refractivity contribution is 6.67. The van der Waals surface area contributed by atoms with Crippen molar-refractivity contribution in [2.75, 3.05) is 5.32 Å². The first-order valence-corrected chi connectivity index (χ1v) is 6.40. The number of hydrogen-bond donors (Lipinski definition) is 1. The number of pyridine rings is 1. The molecule has 1 aromatic heterocycles. The molecule has 102 valence electrons. The average Bonchev–Trinajstić information content (AvgIpc) is 2.42. The van der Waals surface area contributed by atoms with Crippen molar-refractivity contribution in [2.45, 2.75) is 13.8 Å². The minimum absolute atomic E-state index is 0.233. The number of benzene rings is 1. The summed E-state index contributed by atoms with van der Waals surface area (Å²) in [6.45, 7) is 3.85. The van der Waals surface area contributed by atoms with Gasteiger partial charge >= 0.3 is 0 Å². The Hall–Kier alpha value is -2.20. The monoisotopic (exact) mass is 288 g/mol. The van der Waals surface area contributed by atoms with Gasteiger partial charge in [-0.1, -0.05) is 12.1 Å². The molecule has 1 aromatic carbocycles. The van der Waals surface area contributed by atoms with Crippen LogP contribution >= 0.6 is 11.6 Å². The Morgan fingerprint density at radius 3 is 2.50 bits per heavy atom. The molecule has 0 fully saturated rings. The molecular formula is C15H13ClN2O2. The van der Waals surface area contributed by atoms with Crippen molar-refractivity contribution in [2.24, 2.45) is 0 Å². The largest absolute Gasteiger partial charge is 0.307 e. The number of nitrogens with zero attached hydrogens (tertiary/aromatic N) is 1. The summed E-state index contributed by atoms with van der Waals surface area (Å²) in [5.74, 6) is 0.140. The van der Waals surface area contributed by atoms with Crippen LogP contribution in [0.3, 0.4) is 0 Å². The van der Waals surface area contributed by atoms with Gasteiger partial charge in [0.15, 0.2) is 0 Å². The number of carbonyl (C=O) groups is 2. The number of aromatic nitrogens is 1. The molecule has 4 nitrogen and oxygen atoms in total. The van der Waals surface area contributed by atoms with E-state index in [0.29, 0.717) is 11.4 Å². The summed E-state index contributed by atoms with van der Waals surface area (Å²) in [5, 5.41) is 2.11. The molecule has 1 N–H and O–H groups in total. The lowest BCUT2D eigenvalue weighted by molar-refractivity contribution is 0.102. The third-order valence-electron chi connectivity index (χ3n) is 3.08. The first-order valence-electron chi connectivity index (χ1n) is 6.02. The summed E-state index contributed by atoms with van der Waals surface area (Å²) in [6.07, 6.45) is 1.33. The van der Waals surface area contributed by atoms with Crippen molar-refractivity contribution in [3.8, 4) is 0 Å². The minimum Gasteiger partial charge on any atom is -0.307 e. The van der Waals surface area contributed by atoms with Gasteiger partial charge in [0.2, 0.25) is 0 Å². The highest BCUT2D eigenvalue weighted by Gasteiger charge is 2.11. The van der Waals surface area contributed by atoms with Gasteiger partial charge in [-0.2, -0.15) is 0 Å². The number of nitrogens with one attached hydrogen (secondary N) is 1. The lowest BCUT2D eigenvalue weighted by atomic mass is 10.0. The fourth-order valence-corrected chi connectivity index (χ4v) is 1.88. The van der Waals surface area contributed by atoms with Crippen LogP contribution in [-0.4, -0.2) is 16.1 Å². The molecule has 0 aliphatic carbocycles. The fraction of sp³-hybridized carbons (Fsp3) is 0.133. The molecule has 2 rings (SSSR count). The molecule has 5 heteroatoms. The van der Waals surface area contributed by atoms with Gasteiger partial charge in [0, 0.05) is 11.8 Å². The molecule has 0 spiro atoms. The van der Waals surface area contributed by atoms with E-state index in [2.05, 4.69) is 10.3 Å². The molecular weight excluding hydrogens is 276 g/mol. The number of halogens is 1. The number of carbonyl (C=O) groups excluding carboxylic acids is 2. The Balaban J connectivity index is 2.19. The summed E-state index contributed by atoms with van der Waals surface area (Å²) in [7, 11) is 0. The smallest absolute Gasteiger partial charge is 0.257 e. The Kier molecular flexibility index (Phi) is 4.15.